The number of nitrogen functional groups attached to an aromatic ring is 2. The van der Waals surface area contributed by atoms with Crippen LogP contribution in [0.5, 0.6) is 0 Å². The van der Waals surface area contributed by atoms with E-state index in [4.69, 9.17) is 11.5 Å². The Morgan fingerprint density at radius 3 is 1.97 bits per heavy atom. The summed E-state index contributed by atoms with van der Waals surface area (Å²) in [5.74, 6) is 0. The highest BCUT2D eigenvalue weighted by Crippen LogP contribution is 2.37. The van der Waals surface area contributed by atoms with Crippen molar-refractivity contribution in [2.45, 2.75) is 0 Å². The molecule has 0 aliphatic carbocycles. The smallest absolute Gasteiger partial charge is 0.0320 e. The molecule has 0 spiro atoms. The van der Waals surface area contributed by atoms with Gasteiger partial charge in [0, 0.05) is 11.4 Å². The van der Waals surface area contributed by atoms with Crippen LogP contribution in [0.2, 0.25) is 0 Å². The quantitative estimate of drug-likeness (QED) is 0.175. The summed E-state index contributed by atoms with van der Waals surface area (Å²) in [6.45, 7) is 0. The van der Waals surface area contributed by atoms with Crippen molar-refractivity contribution in [3.05, 3.63) is 109 Å². The van der Waals surface area contributed by atoms with Crippen LogP contribution in [-0.4, -0.2) is 0 Å². The minimum Gasteiger partial charge on any atom is -0.399 e. The molecule has 0 aliphatic heterocycles. The lowest BCUT2D eigenvalue weighted by molar-refractivity contribution is 1.59. The first-order valence-electron chi connectivity index (χ1n) is 10.8. The molecule has 2 heteroatoms. The van der Waals surface area contributed by atoms with Crippen molar-refractivity contribution in [3.63, 3.8) is 0 Å². The third kappa shape index (κ3) is 3.05. The van der Waals surface area contributed by atoms with E-state index < -0.39 is 0 Å². The van der Waals surface area contributed by atoms with Crippen molar-refractivity contribution >= 4 is 43.7 Å². The second-order valence-electron chi connectivity index (χ2n) is 8.35. The fourth-order valence-electron chi connectivity index (χ4n) is 4.64. The summed E-state index contributed by atoms with van der Waals surface area (Å²) in [6, 6.07) is 38.3. The average Bonchev–Trinajstić information content (AvgIpc) is 2.83. The van der Waals surface area contributed by atoms with E-state index in [-0.39, 0.29) is 0 Å². The Morgan fingerprint density at radius 1 is 0.375 bits per heavy atom. The molecule has 6 rings (SSSR count). The molecule has 0 saturated carbocycles. The molecular weight excluding hydrogens is 388 g/mol. The van der Waals surface area contributed by atoms with Gasteiger partial charge in [0.1, 0.15) is 0 Å². The highest BCUT2D eigenvalue weighted by molar-refractivity contribution is 6.12. The normalized spacial score (nSPS) is 11.4. The second kappa shape index (κ2) is 7.14. The standard InChI is InChI=1S/C30H22N2/c31-25-11-9-20(10-12-25)28-14-13-26(32)18-30(28)23-8-6-21-17-29-22(15-24(21)16-23)7-5-19-3-1-2-4-27(19)29/h1-18H,31-32H2. The molecule has 4 N–H and O–H groups in total. The molecule has 2 nitrogen and oxygen atoms in total. The maximum atomic E-state index is 6.19. The monoisotopic (exact) mass is 410 g/mol. The minimum absolute atomic E-state index is 0.754. The van der Waals surface area contributed by atoms with Gasteiger partial charge in [0.25, 0.3) is 0 Å². The molecular formula is C30H22N2. The lowest BCUT2D eigenvalue weighted by Crippen LogP contribution is -1.91. The van der Waals surface area contributed by atoms with Gasteiger partial charge in [0.15, 0.2) is 0 Å². The number of hydrogen-bond donors (Lipinski definition) is 2. The van der Waals surface area contributed by atoms with Gasteiger partial charge in [-0.15, -0.1) is 0 Å². The molecule has 0 heterocycles. The third-order valence-corrected chi connectivity index (χ3v) is 6.28. The van der Waals surface area contributed by atoms with Gasteiger partial charge in [-0.05, 0) is 97.0 Å². The Kier molecular flexibility index (Phi) is 4.12. The zero-order chi connectivity index (χ0) is 21.7. The molecule has 0 unspecified atom stereocenters. The van der Waals surface area contributed by atoms with E-state index in [2.05, 4.69) is 91.0 Å². The Hall–Kier alpha value is -4.30. The highest BCUT2D eigenvalue weighted by atomic mass is 14.5. The SMILES string of the molecule is Nc1ccc(-c2ccc(N)cc2-c2ccc3cc4c(ccc5ccccc54)cc3c2)cc1. The zero-order valence-electron chi connectivity index (χ0n) is 17.5. The molecule has 0 aromatic heterocycles. The molecule has 0 aliphatic rings. The van der Waals surface area contributed by atoms with E-state index in [0.717, 1.165) is 33.6 Å². The second-order valence-corrected chi connectivity index (χ2v) is 8.35. The van der Waals surface area contributed by atoms with Gasteiger partial charge in [0.05, 0.1) is 0 Å². The minimum atomic E-state index is 0.754. The molecule has 0 fully saturated rings. The van der Waals surface area contributed by atoms with Crippen LogP contribution in [0.4, 0.5) is 11.4 Å². The molecule has 32 heavy (non-hydrogen) atoms. The third-order valence-electron chi connectivity index (χ3n) is 6.28. The molecule has 6 aromatic rings. The van der Waals surface area contributed by atoms with Crippen LogP contribution in [0.3, 0.4) is 0 Å². The van der Waals surface area contributed by atoms with Gasteiger partial charge in [-0.2, -0.15) is 0 Å². The zero-order valence-corrected chi connectivity index (χ0v) is 17.5. The lowest BCUT2D eigenvalue weighted by atomic mass is 9.91. The van der Waals surface area contributed by atoms with E-state index in [1.807, 2.05) is 18.2 Å². The van der Waals surface area contributed by atoms with Crippen molar-refractivity contribution in [1.29, 1.82) is 0 Å². The molecule has 0 radical (unpaired) electrons. The van der Waals surface area contributed by atoms with E-state index in [0.29, 0.717) is 0 Å². The number of benzene rings is 6. The van der Waals surface area contributed by atoms with Gasteiger partial charge in [-0.1, -0.05) is 66.7 Å². The fourth-order valence-corrected chi connectivity index (χ4v) is 4.64. The average molecular weight is 411 g/mol. The van der Waals surface area contributed by atoms with Crippen LogP contribution < -0.4 is 11.5 Å². The first kappa shape index (κ1) is 18.5. The molecule has 0 amide bonds. The molecule has 0 atom stereocenters. The van der Waals surface area contributed by atoms with Gasteiger partial charge in [-0.3, -0.25) is 0 Å². The number of rotatable bonds is 2. The Balaban J connectivity index is 1.56. The van der Waals surface area contributed by atoms with Crippen LogP contribution in [0.1, 0.15) is 0 Å². The van der Waals surface area contributed by atoms with E-state index >= 15 is 0 Å². The summed E-state index contributed by atoms with van der Waals surface area (Å²) in [5.41, 5.74) is 18.1. The van der Waals surface area contributed by atoms with Crippen LogP contribution in [0, 0.1) is 0 Å². The predicted molar refractivity (Wildman–Crippen MR) is 139 cm³/mol. The Morgan fingerprint density at radius 2 is 1.09 bits per heavy atom. The predicted octanol–water partition coefficient (Wildman–Crippen LogP) is 7.64. The highest BCUT2D eigenvalue weighted by Gasteiger charge is 2.10. The van der Waals surface area contributed by atoms with Gasteiger partial charge >= 0.3 is 0 Å². The van der Waals surface area contributed by atoms with Crippen molar-refractivity contribution in [2.75, 3.05) is 11.5 Å². The number of nitrogens with two attached hydrogens (primary N) is 2. The van der Waals surface area contributed by atoms with Crippen LogP contribution in [-0.2, 0) is 0 Å². The first-order chi connectivity index (χ1) is 15.7. The summed E-state index contributed by atoms with van der Waals surface area (Å²) in [7, 11) is 0. The van der Waals surface area contributed by atoms with E-state index in [9.17, 15) is 0 Å². The lowest BCUT2D eigenvalue weighted by Gasteiger charge is -2.13. The van der Waals surface area contributed by atoms with Crippen LogP contribution >= 0.6 is 0 Å². The molecule has 0 saturated heterocycles. The largest absolute Gasteiger partial charge is 0.399 e. The summed E-state index contributed by atoms with van der Waals surface area (Å²) >= 11 is 0. The number of fused-ring (bicyclic) bond motifs is 4. The Bertz CT molecular complexity index is 1630. The number of anilines is 2. The van der Waals surface area contributed by atoms with Crippen LogP contribution in [0.15, 0.2) is 109 Å². The Labute approximate surface area is 186 Å². The maximum Gasteiger partial charge on any atom is 0.0320 e. The van der Waals surface area contributed by atoms with Gasteiger partial charge in [-0.25, -0.2) is 0 Å². The van der Waals surface area contributed by atoms with Crippen molar-refractivity contribution in [2.24, 2.45) is 0 Å². The summed E-state index contributed by atoms with van der Waals surface area (Å²) in [4.78, 5) is 0. The van der Waals surface area contributed by atoms with Crippen molar-refractivity contribution in [3.8, 4) is 22.3 Å². The van der Waals surface area contributed by atoms with Crippen molar-refractivity contribution in [1.82, 2.24) is 0 Å². The molecule has 6 aromatic carbocycles. The molecule has 0 bridgehead atoms. The van der Waals surface area contributed by atoms with E-state index in [1.54, 1.807) is 0 Å². The van der Waals surface area contributed by atoms with Crippen molar-refractivity contribution < 1.29 is 0 Å². The summed E-state index contributed by atoms with van der Waals surface area (Å²) in [6.07, 6.45) is 0. The van der Waals surface area contributed by atoms with Crippen LogP contribution in [0.25, 0.3) is 54.6 Å². The van der Waals surface area contributed by atoms with Gasteiger partial charge in [0.2, 0.25) is 0 Å². The fraction of sp³-hybridized carbons (Fsp3) is 0. The maximum absolute atomic E-state index is 6.19. The first-order valence-corrected chi connectivity index (χ1v) is 10.8. The summed E-state index contributed by atoms with van der Waals surface area (Å²) in [5, 5.41) is 7.54. The van der Waals surface area contributed by atoms with E-state index in [1.165, 1.54) is 32.3 Å². The van der Waals surface area contributed by atoms with Gasteiger partial charge < -0.3 is 11.5 Å². The summed E-state index contributed by atoms with van der Waals surface area (Å²) < 4.78 is 0. The topological polar surface area (TPSA) is 52.0 Å². The molecule has 152 valence electrons. The number of hydrogen-bond acceptors (Lipinski definition) is 2.